The Kier molecular flexibility index (Phi) is 6.23. The number of rotatable bonds is 6. The Morgan fingerprint density at radius 3 is 2.43 bits per heavy atom. The first-order valence-electron chi connectivity index (χ1n) is 7.99. The number of amides is 1. The van der Waals surface area contributed by atoms with Crippen molar-refractivity contribution >= 4 is 52.1 Å². The molecule has 0 spiro atoms. The van der Waals surface area contributed by atoms with Crippen LogP contribution in [0, 0.1) is 21.7 Å². The second kappa shape index (κ2) is 8.84. The molecule has 1 aromatic heterocycles. The lowest BCUT2D eigenvalue weighted by Gasteiger charge is -2.11. The molecule has 3 aromatic rings. The van der Waals surface area contributed by atoms with Gasteiger partial charge in [0.25, 0.3) is 5.91 Å². The summed E-state index contributed by atoms with van der Waals surface area (Å²) in [5.41, 5.74) is 3.98. The number of hydrazine groups is 1. The third-order valence-corrected chi connectivity index (χ3v) is 4.21. The van der Waals surface area contributed by atoms with Gasteiger partial charge in [-0.3, -0.25) is 25.8 Å². The van der Waals surface area contributed by atoms with Gasteiger partial charge in [0.15, 0.2) is 11.6 Å². The first kappa shape index (κ1) is 21.1. The zero-order valence-corrected chi connectivity index (χ0v) is 16.1. The highest BCUT2D eigenvalue weighted by Crippen LogP contribution is 2.31. The van der Waals surface area contributed by atoms with Crippen molar-refractivity contribution in [1.82, 2.24) is 15.4 Å². The van der Waals surface area contributed by atoms with Crippen molar-refractivity contribution in [2.75, 3.05) is 10.7 Å². The van der Waals surface area contributed by atoms with E-state index in [9.17, 15) is 23.7 Å². The molecule has 3 rings (SSSR count). The second-order valence-corrected chi connectivity index (χ2v) is 6.48. The molecular weight excluding hydrogens is 445 g/mol. The van der Waals surface area contributed by atoms with Gasteiger partial charge < -0.3 is 5.32 Å². The smallest absolute Gasteiger partial charge is 0.334 e. The molecule has 0 aliphatic carbocycles. The van der Waals surface area contributed by atoms with Crippen molar-refractivity contribution < 1.29 is 18.5 Å². The first-order chi connectivity index (χ1) is 14.3. The third kappa shape index (κ3) is 4.70. The van der Waals surface area contributed by atoms with Crippen molar-refractivity contribution in [2.24, 2.45) is 0 Å². The quantitative estimate of drug-likeness (QED) is 0.370. The summed E-state index contributed by atoms with van der Waals surface area (Å²) in [6.07, 6.45) is 0.971. The van der Waals surface area contributed by atoms with Crippen LogP contribution in [-0.2, 0) is 0 Å². The summed E-state index contributed by atoms with van der Waals surface area (Å²) in [5, 5.41) is 14.4. The zero-order valence-electron chi connectivity index (χ0n) is 14.6. The maximum absolute atomic E-state index is 13.4. The maximum atomic E-state index is 13.4. The molecule has 30 heavy (non-hydrogen) atoms. The average Bonchev–Trinajstić information content (AvgIpc) is 2.68. The van der Waals surface area contributed by atoms with Crippen LogP contribution in [0.1, 0.15) is 10.4 Å². The van der Waals surface area contributed by atoms with Gasteiger partial charge in [0, 0.05) is 16.8 Å². The Hall–Kier alpha value is -3.57. The van der Waals surface area contributed by atoms with E-state index in [0.717, 1.165) is 18.5 Å². The number of anilines is 3. The number of carbonyl (C=O) groups excluding carboxylic acids is 1. The Balaban J connectivity index is 1.84. The molecular formula is C17H10Cl2F2N6O3. The molecule has 9 nitrogen and oxygen atoms in total. The van der Waals surface area contributed by atoms with Gasteiger partial charge in [-0.05, 0) is 30.3 Å². The number of halogens is 4. The molecule has 0 aliphatic rings. The number of nitrogens with zero attached hydrogens (tertiary/aromatic N) is 3. The van der Waals surface area contributed by atoms with Gasteiger partial charge in [0.2, 0.25) is 11.6 Å². The number of hydrogen-bond acceptors (Lipinski definition) is 7. The monoisotopic (exact) mass is 454 g/mol. The standard InChI is InChI=1S/C17H10Cl2F2N6O3/c18-8-1-3-10(11(19)5-8)17(28)26-25-16-14(27(29)30)15(22-7-23-16)24-9-2-4-12(20)13(21)6-9/h1-7H,(H,26,28)(H2,22,23,24,25). The van der Waals surface area contributed by atoms with Crippen molar-refractivity contribution in [3.8, 4) is 0 Å². The Bertz CT molecular complexity index is 1150. The van der Waals surface area contributed by atoms with E-state index < -0.39 is 28.2 Å². The fraction of sp³-hybridized carbons (Fsp3) is 0. The molecule has 154 valence electrons. The Morgan fingerprint density at radius 1 is 1.03 bits per heavy atom. The Labute approximate surface area is 177 Å². The number of nitro groups is 1. The molecule has 0 atom stereocenters. The highest BCUT2D eigenvalue weighted by molar-refractivity contribution is 6.36. The topological polar surface area (TPSA) is 122 Å². The number of hydrogen-bond donors (Lipinski definition) is 3. The first-order valence-corrected chi connectivity index (χ1v) is 8.74. The molecule has 0 bridgehead atoms. The molecule has 0 radical (unpaired) electrons. The zero-order chi connectivity index (χ0) is 21.8. The van der Waals surface area contributed by atoms with E-state index in [1.807, 2.05) is 0 Å². The molecule has 2 aromatic carbocycles. The fourth-order valence-corrected chi connectivity index (χ4v) is 2.80. The number of aromatic nitrogens is 2. The summed E-state index contributed by atoms with van der Waals surface area (Å²) in [6.45, 7) is 0. The number of benzene rings is 2. The van der Waals surface area contributed by atoms with E-state index in [-0.39, 0.29) is 27.9 Å². The van der Waals surface area contributed by atoms with E-state index >= 15 is 0 Å². The van der Waals surface area contributed by atoms with Crippen LogP contribution in [0.5, 0.6) is 0 Å². The van der Waals surface area contributed by atoms with Crippen LogP contribution in [0.15, 0.2) is 42.7 Å². The molecule has 13 heteroatoms. The fourth-order valence-electron chi connectivity index (χ4n) is 2.30. The molecule has 0 saturated heterocycles. The van der Waals surface area contributed by atoms with Gasteiger partial charge in [-0.2, -0.15) is 0 Å². The van der Waals surface area contributed by atoms with Crippen molar-refractivity contribution in [3.63, 3.8) is 0 Å². The van der Waals surface area contributed by atoms with Gasteiger partial charge in [-0.25, -0.2) is 18.7 Å². The van der Waals surface area contributed by atoms with Gasteiger partial charge in [-0.15, -0.1) is 0 Å². The van der Waals surface area contributed by atoms with Crippen LogP contribution in [0.2, 0.25) is 10.0 Å². The Morgan fingerprint density at radius 2 is 1.77 bits per heavy atom. The van der Waals surface area contributed by atoms with Crippen LogP contribution in [0.4, 0.5) is 31.8 Å². The summed E-state index contributed by atoms with van der Waals surface area (Å²) in [7, 11) is 0. The summed E-state index contributed by atoms with van der Waals surface area (Å²) >= 11 is 11.7. The highest BCUT2D eigenvalue weighted by atomic mass is 35.5. The van der Waals surface area contributed by atoms with Crippen molar-refractivity contribution in [3.05, 3.63) is 80.1 Å². The van der Waals surface area contributed by atoms with Gasteiger partial charge in [-0.1, -0.05) is 23.2 Å². The molecule has 0 fully saturated rings. The number of nitrogens with one attached hydrogen (secondary N) is 3. The average molecular weight is 455 g/mol. The normalized spacial score (nSPS) is 10.4. The lowest BCUT2D eigenvalue weighted by Crippen LogP contribution is -2.30. The third-order valence-electron chi connectivity index (χ3n) is 3.66. The van der Waals surface area contributed by atoms with Gasteiger partial charge in [0.05, 0.1) is 15.5 Å². The molecule has 1 amide bonds. The molecule has 3 N–H and O–H groups in total. The highest BCUT2D eigenvalue weighted by Gasteiger charge is 2.24. The minimum absolute atomic E-state index is 0.0126. The minimum Gasteiger partial charge on any atom is -0.334 e. The molecule has 1 heterocycles. The van der Waals surface area contributed by atoms with Crippen LogP contribution < -0.4 is 16.2 Å². The van der Waals surface area contributed by atoms with Crippen LogP contribution in [0.3, 0.4) is 0 Å². The van der Waals surface area contributed by atoms with Crippen LogP contribution in [-0.4, -0.2) is 20.8 Å². The summed E-state index contributed by atoms with van der Waals surface area (Å²) in [5.74, 6) is -3.62. The molecule has 0 unspecified atom stereocenters. The van der Waals surface area contributed by atoms with E-state index in [1.54, 1.807) is 0 Å². The minimum atomic E-state index is -1.15. The summed E-state index contributed by atoms with van der Waals surface area (Å²) < 4.78 is 26.5. The van der Waals surface area contributed by atoms with Crippen LogP contribution >= 0.6 is 23.2 Å². The van der Waals surface area contributed by atoms with Gasteiger partial charge in [0.1, 0.15) is 6.33 Å². The predicted molar refractivity (Wildman–Crippen MR) is 106 cm³/mol. The SMILES string of the molecule is O=C(NNc1ncnc(Nc2ccc(F)c(F)c2)c1[N+](=O)[O-])c1ccc(Cl)cc1Cl. The van der Waals surface area contributed by atoms with Crippen LogP contribution in [0.25, 0.3) is 0 Å². The predicted octanol–water partition coefficient (Wildman–Crippen LogP) is 4.47. The lowest BCUT2D eigenvalue weighted by molar-refractivity contribution is -0.383. The second-order valence-electron chi connectivity index (χ2n) is 5.63. The molecule has 0 saturated carbocycles. The van der Waals surface area contributed by atoms with E-state index in [2.05, 4.69) is 26.1 Å². The number of carbonyl (C=O) groups is 1. The summed E-state index contributed by atoms with van der Waals surface area (Å²) in [6, 6.07) is 6.99. The van der Waals surface area contributed by atoms with E-state index in [1.165, 1.54) is 24.3 Å². The summed E-state index contributed by atoms with van der Waals surface area (Å²) in [4.78, 5) is 30.5. The van der Waals surface area contributed by atoms with E-state index in [4.69, 9.17) is 23.2 Å². The van der Waals surface area contributed by atoms with Gasteiger partial charge >= 0.3 is 5.69 Å². The molecule has 0 aliphatic heterocycles. The largest absolute Gasteiger partial charge is 0.355 e. The lowest BCUT2D eigenvalue weighted by atomic mass is 10.2. The van der Waals surface area contributed by atoms with E-state index in [0.29, 0.717) is 5.02 Å². The van der Waals surface area contributed by atoms with Crippen molar-refractivity contribution in [1.29, 1.82) is 0 Å². The maximum Gasteiger partial charge on any atom is 0.355 e. The van der Waals surface area contributed by atoms with Crippen molar-refractivity contribution in [2.45, 2.75) is 0 Å².